The maximum absolute atomic E-state index is 12.0. The van der Waals surface area contributed by atoms with Gasteiger partial charge in [-0.25, -0.2) is 0 Å². The Bertz CT molecular complexity index is 473. The van der Waals surface area contributed by atoms with Crippen LogP contribution in [0.2, 0.25) is 0 Å². The van der Waals surface area contributed by atoms with E-state index in [1.54, 1.807) is 19.2 Å². The minimum atomic E-state index is -3.50. The molecule has 0 amide bonds. The highest BCUT2D eigenvalue weighted by molar-refractivity contribution is 7.90. The Morgan fingerprint density at radius 2 is 2.11 bits per heavy atom. The average molecular weight is 286 g/mol. The zero-order chi connectivity index (χ0) is 14.3. The number of aryl methyl sites for hydroxylation is 1. The Hall–Kier alpha value is -1.18. The summed E-state index contributed by atoms with van der Waals surface area (Å²) in [7, 11) is -1.93. The number of aromatic nitrogens is 1. The third kappa shape index (κ3) is 5.54. The van der Waals surface area contributed by atoms with E-state index >= 15 is 0 Å². The first-order chi connectivity index (χ1) is 8.95. The van der Waals surface area contributed by atoms with Crippen LogP contribution in [0, 0.1) is 6.92 Å². The van der Waals surface area contributed by atoms with Crippen molar-refractivity contribution in [3.05, 3.63) is 24.0 Å². The first-order valence-electron chi connectivity index (χ1n) is 6.33. The highest BCUT2D eigenvalue weighted by Gasteiger charge is 2.16. The standard InChI is InChI=1S/C12H22N4O2S/c1-4-13-8-5-9-16(3)19(17,18)15-12-7-6-11(2)14-10-12/h6-7,10,13,15H,4-5,8-9H2,1-3H3. The fourth-order valence-corrected chi connectivity index (χ4v) is 2.42. The molecule has 2 N–H and O–H groups in total. The highest BCUT2D eigenvalue weighted by atomic mass is 32.2. The molecule has 0 spiro atoms. The number of nitrogens with one attached hydrogen (secondary N) is 2. The third-order valence-electron chi connectivity index (χ3n) is 2.65. The lowest BCUT2D eigenvalue weighted by molar-refractivity contribution is 0.459. The molecule has 0 aliphatic carbocycles. The van der Waals surface area contributed by atoms with E-state index in [9.17, 15) is 8.42 Å². The summed E-state index contributed by atoms with van der Waals surface area (Å²) in [5.41, 5.74) is 1.33. The summed E-state index contributed by atoms with van der Waals surface area (Å²) in [4.78, 5) is 4.05. The summed E-state index contributed by atoms with van der Waals surface area (Å²) in [6, 6.07) is 3.47. The fraction of sp³-hybridized carbons (Fsp3) is 0.583. The quantitative estimate of drug-likeness (QED) is 0.699. The van der Waals surface area contributed by atoms with Crippen LogP contribution < -0.4 is 10.0 Å². The minimum Gasteiger partial charge on any atom is -0.317 e. The smallest absolute Gasteiger partial charge is 0.301 e. The fourth-order valence-electron chi connectivity index (χ4n) is 1.48. The van der Waals surface area contributed by atoms with E-state index in [0.717, 1.165) is 25.2 Å². The minimum absolute atomic E-state index is 0.474. The summed E-state index contributed by atoms with van der Waals surface area (Å²) < 4.78 is 27.8. The van der Waals surface area contributed by atoms with Gasteiger partial charge in [0.25, 0.3) is 0 Å². The normalized spacial score (nSPS) is 11.8. The second-order valence-electron chi connectivity index (χ2n) is 4.32. The van der Waals surface area contributed by atoms with Gasteiger partial charge in [0.1, 0.15) is 0 Å². The van der Waals surface area contributed by atoms with Crippen LogP contribution in [0.5, 0.6) is 0 Å². The molecule has 7 heteroatoms. The van der Waals surface area contributed by atoms with Gasteiger partial charge in [-0.05, 0) is 38.6 Å². The maximum atomic E-state index is 12.0. The van der Waals surface area contributed by atoms with Crippen molar-refractivity contribution in [3.8, 4) is 0 Å². The van der Waals surface area contributed by atoms with Crippen molar-refractivity contribution in [2.24, 2.45) is 0 Å². The van der Waals surface area contributed by atoms with E-state index in [2.05, 4.69) is 15.0 Å². The predicted molar refractivity (Wildman–Crippen MR) is 77.3 cm³/mol. The Labute approximate surface area is 115 Å². The van der Waals surface area contributed by atoms with E-state index < -0.39 is 10.2 Å². The first-order valence-corrected chi connectivity index (χ1v) is 7.77. The zero-order valence-corrected chi connectivity index (χ0v) is 12.5. The van der Waals surface area contributed by atoms with Gasteiger partial charge in [0, 0.05) is 19.3 Å². The van der Waals surface area contributed by atoms with Crippen LogP contribution in [0.4, 0.5) is 5.69 Å². The van der Waals surface area contributed by atoms with Crippen LogP contribution in [0.15, 0.2) is 18.3 Å². The van der Waals surface area contributed by atoms with Crippen molar-refractivity contribution in [2.75, 3.05) is 31.4 Å². The van der Waals surface area contributed by atoms with Crippen molar-refractivity contribution in [3.63, 3.8) is 0 Å². The molecule has 0 unspecified atom stereocenters. The molecule has 1 aromatic rings. The van der Waals surface area contributed by atoms with Crippen molar-refractivity contribution in [1.29, 1.82) is 0 Å². The monoisotopic (exact) mass is 286 g/mol. The largest absolute Gasteiger partial charge is 0.317 e. The molecule has 1 aromatic heterocycles. The van der Waals surface area contributed by atoms with E-state index in [-0.39, 0.29) is 0 Å². The van der Waals surface area contributed by atoms with Gasteiger partial charge in [-0.15, -0.1) is 0 Å². The number of hydrogen-bond donors (Lipinski definition) is 2. The number of hydrogen-bond acceptors (Lipinski definition) is 4. The molecule has 0 aromatic carbocycles. The Morgan fingerprint density at radius 1 is 1.37 bits per heavy atom. The summed E-state index contributed by atoms with van der Waals surface area (Å²) in [6.45, 7) is 6.05. The molecule has 0 saturated carbocycles. The molecule has 19 heavy (non-hydrogen) atoms. The van der Waals surface area contributed by atoms with Gasteiger partial charge in [-0.3, -0.25) is 9.71 Å². The molecule has 1 rings (SSSR count). The van der Waals surface area contributed by atoms with E-state index in [4.69, 9.17) is 0 Å². The molecule has 0 aliphatic heterocycles. The van der Waals surface area contributed by atoms with Crippen LogP contribution in [-0.2, 0) is 10.2 Å². The summed E-state index contributed by atoms with van der Waals surface area (Å²) in [5.74, 6) is 0. The van der Waals surface area contributed by atoms with Crippen molar-refractivity contribution >= 4 is 15.9 Å². The molecule has 0 bridgehead atoms. The lowest BCUT2D eigenvalue weighted by Gasteiger charge is -2.18. The molecule has 6 nitrogen and oxygen atoms in total. The Balaban J connectivity index is 2.52. The summed E-state index contributed by atoms with van der Waals surface area (Å²) in [5, 5.41) is 3.16. The second kappa shape index (κ2) is 7.42. The Morgan fingerprint density at radius 3 is 2.68 bits per heavy atom. The van der Waals surface area contributed by atoms with Crippen LogP contribution in [0.3, 0.4) is 0 Å². The van der Waals surface area contributed by atoms with Crippen LogP contribution in [0.25, 0.3) is 0 Å². The van der Waals surface area contributed by atoms with E-state index in [1.807, 2.05) is 13.8 Å². The number of rotatable bonds is 8. The molecule has 1 heterocycles. The highest BCUT2D eigenvalue weighted by Crippen LogP contribution is 2.10. The molecular formula is C12H22N4O2S. The topological polar surface area (TPSA) is 74.3 Å². The number of anilines is 1. The number of nitrogens with zero attached hydrogens (tertiary/aromatic N) is 2. The lowest BCUT2D eigenvalue weighted by Crippen LogP contribution is -2.34. The summed E-state index contributed by atoms with van der Waals surface area (Å²) in [6.07, 6.45) is 2.29. The molecule has 0 aliphatic rings. The van der Waals surface area contributed by atoms with Gasteiger partial charge >= 0.3 is 10.2 Å². The lowest BCUT2D eigenvalue weighted by atomic mass is 10.4. The average Bonchev–Trinajstić information content (AvgIpc) is 2.37. The molecule has 0 saturated heterocycles. The first kappa shape index (κ1) is 15.9. The Kier molecular flexibility index (Phi) is 6.20. The van der Waals surface area contributed by atoms with Gasteiger partial charge in [0.15, 0.2) is 0 Å². The van der Waals surface area contributed by atoms with Crippen LogP contribution >= 0.6 is 0 Å². The van der Waals surface area contributed by atoms with Gasteiger partial charge in [0.05, 0.1) is 11.9 Å². The number of pyridine rings is 1. The van der Waals surface area contributed by atoms with Crippen LogP contribution in [0.1, 0.15) is 19.0 Å². The van der Waals surface area contributed by atoms with E-state index in [1.165, 1.54) is 10.5 Å². The maximum Gasteiger partial charge on any atom is 0.301 e. The van der Waals surface area contributed by atoms with Gasteiger partial charge in [0.2, 0.25) is 0 Å². The molecule has 0 fully saturated rings. The molecule has 108 valence electrons. The van der Waals surface area contributed by atoms with Gasteiger partial charge < -0.3 is 5.32 Å². The zero-order valence-electron chi connectivity index (χ0n) is 11.7. The van der Waals surface area contributed by atoms with Crippen molar-refractivity contribution in [2.45, 2.75) is 20.3 Å². The van der Waals surface area contributed by atoms with Crippen LogP contribution in [-0.4, -0.2) is 44.4 Å². The third-order valence-corrected chi connectivity index (χ3v) is 4.14. The molecule has 0 radical (unpaired) electrons. The van der Waals surface area contributed by atoms with E-state index in [0.29, 0.717) is 12.2 Å². The molecule has 0 atom stereocenters. The summed E-state index contributed by atoms with van der Waals surface area (Å²) >= 11 is 0. The van der Waals surface area contributed by atoms with Gasteiger partial charge in [-0.2, -0.15) is 12.7 Å². The second-order valence-corrected chi connectivity index (χ2v) is 6.10. The SMILES string of the molecule is CCNCCCN(C)S(=O)(=O)Nc1ccc(C)nc1. The molecular weight excluding hydrogens is 264 g/mol. The van der Waals surface area contributed by atoms with Crippen molar-refractivity contribution in [1.82, 2.24) is 14.6 Å². The van der Waals surface area contributed by atoms with Gasteiger partial charge in [-0.1, -0.05) is 6.92 Å². The van der Waals surface area contributed by atoms with Crippen molar-refractivity contribution < 1.29 is 8.42 Å². The predicted octanol–water partition coefficient (Wildman–Crippen LogP) is 0.978.